The van der Waals surface area contributed by atoms with Gasteiger partial charge in [0.2, 0.25) is 10.0 Å². The largest absolute Gasteiger partial charge is 0.449 e. The number of sulfonamides is 1. The maximum absolute atomic E-state index is 12.2. The number of amides is 3. The van der Waals surface area contributed by atoms with Gasteiger partial charge in [-0.1, -0.05) is 13.0 Å². The maximum atomic E-state index is 12.2. The fourth-order valence-electron chi connectivity index (χ4n) is 2.01. The molecular formula is C16H21N3O6S. The molecule has 1 unspecified atom stereocenters. The van der Waals surface area contributed by atoms with Gasteiger partial charge >= 0.3 is 12.0 Å². The van der Waals surface area contributed by atoms with Gasteiger partial charge in [-0.2, -0.15) is 0 Å². The molecule has 3 amide bonds. The third-order valence-corrected chi connectivity index (χ3v) is 5.06. The fourth-order valence-corrected chi connectivity index (χ4v) is 3.09. The molecule has 1 aliphatic carbocycles. The Bertz CT molecular complexity index is 804. The van der Waals surface area contributed by atoms with Crippen molar-refractivity contribution >= 4 is 27.9 Å². The van der Waals surface area contributed by atoms with Crippen LogP contribution in [0.25, 0.3) is 0 Å². The van der Waals surface area contributed by atoms with Crippen molar-refractivity contribution in [2.24, 2.45) is 0 Å². The molecule has 0 radical (unpaired) electrons. The van der Waals surface area contributed by atoms with Gasteiger partial charge in [-0.25, -0.2) is 22.7 Å². The number of carbonyl (C=O) groups excluding carboxylic acids is 3. The van der Waals surface area contributed by atoms with E-state index >= 15 is 0 Å². The molecule has 0 aromatic heterocycles. The number of imide groups is 1. The quantitative estimate of drug-likeness (QED) is 0.588. The smallest absolute Gasteiger partial charge is 0.338 e. The van der Waals surface area contributed by atoms with Gasteiger partial charge < -0.3 is 10.1 Å². The lowest BCUT2D eigenvalue weighted by Crippen LogP contribution is -2.45. The van der Waals surface area contributed by atoms with Gasteiger partial charge in [0.25, 0.3) is 5.91 Å². The summed E-state index contributed by atoms with van der Waals surface area (Å²) in [6.45, 7) is 3.16. The molecule has 1 saturated carbocycles. The minimum atomic E-state index is -3.72. The van der Waals surface area contributed by atoms with E-state index in [9.17, 15) is 22.8 Å². The molecule has 1 atom stereocenters. The highest BCUT2D eigenvalue weighted by atomic mass is 32.2. The molecule has 1 fully saturated rings. The van der Waals surface area contributed by atoms with Crippen LogP contribution in [-0.4, -0.2) is 45.0 Å². The third kappa shape index (κ3) is 5.53. The molecule has 0 saturated heterocycles. The SMILES string of the molecule is CCNS(=O)(=O)c1cccc(C(=O)OC(C)C(=O)NC(=O)NC2CC2)c1. The van der Waals surface area contributed by atoms with Crippen LogP contribution >= 0.6 is 0 Å². The molecule has 2 rings (SSSR count). The first kappa shape index (κ1) is 19.9. The topological polar surface area (TPSA) is 131 Å². The van der Waals surface area contributed by atoms with Gasteiger partial charge in [-0.05, 0) is 38.0 Å². The van der Waals surface area contributed by atoms with Crippen molar-refractivity contribution < 1.29 is 27.5 Å². The van der Waals surface area contributed by atoms with E-state index in [0.29, 0.717) is 0 Å². The average Bonchev–Trinajstić information content (AvgIpc) is 3.38. The zero-order valence-corrected chi connectivity index (χ0v) is 15.3. The number of rotatable bonds is 7. The Morgan fingerprint density at radius 1 is 1.27 bits per heavy atom. The van der Waals surface area contributed by atoms with Crippen molar-refractivity contribution in [1.82, 2.24) is 15.4 Å². The van der Waals surface area contributed by atoms with Gasteiger partial charge in [-0.15, -0.1) is 0 Å². The van der Waals surface area contributed by atoms with Crippen molar-refractivity contribution in [2.45, 2.75) is 43.7 Å². The first-order valence-electron chi connectivity index (χ1n) is 8.15. The summed E-state index contributed by atoms with van der Waals surface area (Å²) in [5.74, 6) is -1.64. The van der Waals surface area contributed by atoms with Crippen LogP contribution in [0.3, 0.4) is 0 Å². The second-order valence-electron chi connectivity index (χ2n) is 5.81. The molecule has 142 valence electrons. The number of benzene rings is 1. The summed E-state index contributed by atoms with van der Waals surface area (Å²) in [4.78, 5) is 35.5. The molecule has 3 N–H and O–H groups in total. The summed E-state index contributed by atoms with van der Waals surface area (Å²) in [7, 11) is -3.72. The van der Waals surface area contributed by atoms with Crippen LogP contribution in [0, 0.1) is 0 Å². The highest BCUT2D eigenvalue weighted by molar-refractivity contribution is 7.89. The number of carbonyl (C=O) groups is 3. The minimum Gasteiger partial charge on any atom is -0.449 e. The van der Waals surface area contributed by atoms with E-state index in [-0.39, 0.29) is 23.0 Å². The van der Waals surface area contributed by atoms with E-state index in [4.69, 9.17) is 4.74 Å². The van der Waals surface area contributed by atoms with Crippen molar-refractivity contribution in [3.63, 3.8) is 0 Å². The summed E-state index contributed by atoms with van der Waals surface area (Å²) < 4.78 is 31.3. The van der Waals surface area contributed by atoms with Crippen LogP contribution < -0.4 is 15.4 Å². The molecular weight excluding hydrogens is 362 g/mol. The second kappa shape index (κ2) is 8.28. The van der Waals surface area contributed by atoms with E-state index in [2.05, 4.69) is 15.4 Å². The van der Waals surface area contributed by atoms with E-state index in [1.807, 2.05) is 0 Å². The number of hydrogen-bond donors (Lipinski definition) is 3. The number of ether oxygens (including phenoxy) is 1. The van der Waals surface area contributed by atoms with E-state index < -0.39 is 34.0 Å². The van der Waals surface area contributed by atoms with Crippen molar-refractivity contribution in [1.29, 1.82) is 0 Å². The Balaban J connectivity index is 1.97. The number of esters is 1. The molecule has 0 spiro atoms. The molecule has 0 heterocycles. The number of urea groups is 1. The van der Waals surface area contributed by atoms with Crippen LogP contribution in [0.4, 0.5) is 4.79 Å². The molecule has 9 nitrogen and oxygen atoms in total. The highest BCUT2D eigenvalue weighted by Gasteiger charge is 2.26. The second-order valence-corrected chi connectivity index (χ2v) is 7.58. The Morgan fingerprint density at radius 3 is 2.58 bits per heavy atom. The van der Waals surface area contributed by atoms with Gasteiger partial charge in [0, 0.05) is 12.6 Å². The summed E-state index contributed by atoms with van der Waals surface area (Å²) in [6, 6.07) is 4.71. The molecule has 1 aromatic carbocycles. The van der Waals surface area contributed by atoms with Gasteiger partial charge in [-0.3, -0.25) is 10.1 Å². The van der Waals surface area contributed by atoms with Crippen LogP contribution in [0.1, 0.15) is 37.0 Å². The van der Waals surface area contributed by atoms with E-state index in [1.54, 1.807) is 6.92 Å². The fraction of sp³-hybridized carbons (Fsp3) is 0.438. The third-order valence-electron chi connectivity index (χ3n) is 3.52. The van der Waals surface area contributed by atoms with E-state index in [1.165, 1.54) is 25.1 Å². The zero-order chi connectivity index (χ0) is 19.3. The lowest BCUT2D eigenvalue weighted by atomic mass is 10.2. The summed E-state index contributed by atoms with van der Waals surface area (Å²) in [5.41, 5.74) is -0.0222. The Morgan fingerprint density at radius 2 is 1.96 bits per heavy atom. The van der Waals surface area contributed by atoms with Crippen molar-refractivity contribution in [3.8, 4) is 0 Å². The van der Waals surface area contributed by atoms with Crippen LogP contribution in [0.5, 0.6) is 0 Å². The molecule has 0 bridgehead atoms. The lowest BCUT2D eigenvalue weighted by Gasteiger charge is -2.13. The Labute approximate surface area is 151 Å². The van der Waals surface area contributed by atoms with Crippen molar-refractivity contribution in [2.75, 3.05) is 6.54 Å². The molecule has 0 aliphatic heterocycles. The molecule has 1 aromatic rings. The Hall–Kier alpha value is -2.46. The monoisotopic (exact) mass is 383 g/mol. The lowest BCUT2D eigenvalue weighted by molar-refractivity contribution is -0.127. The first-order valence-corrected chi connectivity index (χ1v) is 9.63. The molecule has 1 aliphatic rings. The van der Waals surface area contributed by atoms with E-state index in [0.717, 1.165) is 18.9 Å². The van der Waals surface area contributed by atoms with Gasteiger partial charge in [0.05, 0.1) is 10.5 Å². The summed E-state index contributed by atoms with van der Waals surface area (Å²) in [5, 5.41) is 4.66. The average molecular weight is 383 g/mol. The maximum Gasteiger partial charge on any atom is 0.338 e. The van der Waals surface area contributed by atoms with Gasteiger partial charge in [0.15, 0.2) is 6.10 Å². The molecule has 10 heteroatoms. The number of nitrogens with one attached hydrogen (secondary N) is 3. The zero-order valence-electron chi connectivity index (χ0n) is 14.4. The molecule has 26 heavy (non-hydrogen) atoms. The minimum absolute atomic E-state index is 0.0222. The summed E-state index contributed by atoms with van der Waals surface area (Å²) in [6.07, 6.45) is 0.526. The van der Waals surface area contributed by atoms with Crippen LogP contribution in [-0.2, 0) is 19.6 Å². The van der Waals surface area contributed by atoms with Crippen molar-refractivity contribution in [3.05, 3.63) is 29.8 Å². The first-order chi connectivity index (χ1) is 12.2. The van der Waals surface area contributed by atoms with Crippen LogP contribution in [0.15, 0.2) is 29.2 Å². The predicted molar refractivity (Wildman–Crippen MR) is 91.9 cm³/mol. The number of hydrogen-bond acceptors (Lipinski definition) is 6. The van der Waals surface area contributed by atoms with Gasteiger partial charge in [0.1, 0.15) is 0 Å². The standard InChI is InChI=1S/C16H21N3O6S/c1-3-17-26(23,24)13-6-4-5-11(9-13)15(21)25-10(2)14(20)19-16(22)18-12-7-8-12/h4-6,9-10,12,17H,3,7-8H2,1-2H3,(H2,18,19,20,22). The normalized spacial score (nSPS) is 15.0. The summed E-state index contributed by atoms with van der Waals surface area (Å²) >= 11 is 0. The Kier molecular flexibility index (Phi) is 6.32. The highest BCUT2D eigenvalue weighted by Crippen LogP contribution is 2.18. The predicted octanol–water partition coefficient (Wildman–Crippen LogP) is 0.518. The van der Waals surface area contributed by atoms with Crippen LogP contribution in [0.2, 0.25) is 0 Å².